The second kappa shape index (κ2) is 16.7. The van der Waals surface area contributed by atoms with E-state index in [9.17, 15) is 20.0 Å². The summed E-state index contributed by atoms with van der Waals surface area (Å²) in [6.07, 6.45) is 0. The predicted molar refractivity (Wildman–Crippen MR) is 241 cm³/mol. The van der Waals surface area contributed by atoms with E-state index in [1.807, 2.05) is 38.1 Å². The average molecular weight is 775 g/mol. The molecule has 0 radical (unpaired) electrons. The molecule has 300 valence electrons. The standard InChI is InChI=1S/C52H58N2O4/c1-27(2)39-23-43(31(9)17-47(39)53-57)51(44-24-40(28(3)4)48(54-58)18-32(44)10)37-15-13-36-22-38(16-14-35(36)21-37)52(45-25-41(29(5)6)49(55)19-33(45)11)46-26-42(30(7)8)50(56)20-34(46)12/h13-30,51-52,55-56H,1-12H3. The first-order chi connectivity index (χ1) is 27.4. The fraction of sp³-hybridized carbons (Fsp3) is 0.346. The highest BCUT2D eigenvalue weighted by Crippen LogP contribution is 2.45. The number of aromatic hydroxyl groups is 2. The third-order valence-corrected chi connectivity index (χ3v) is 12.1. The fourth-order valence-corrected chi connectivity index (χ4v) is 8.86. The quantitative estimate of drug-likeness (QED) is 0.0955. The van der Waals surface area contributed by atoms with Gasteiger partial charge in [-0.15, -0.1) is 9.81 Å². The van der Waals surface area contributed by atoms with Crippen LogP contribution in [0.4, 0.5) is 11.4 Å². The van der Waals surface area contributed by atoms with E-state index in [2.05, 4.69) is 140 Å². The third-order valence-electron chi connectivity index (χ3n) is 12.1. The van der Waals surface area contributed by atoms with Gasteiger partial charge in [-0.25, -0.2) is 0 Å². The molecule has 0 aliphatic heterocycles. The molecule has 0 unspecified atom stereocenters. The number of hydrogen-bond acceptors (Lipinski definition) is 6. The second-order valence-electron chi connectivity index (χ2n) is 17.6. The summed E-state index contributed by atoms with van der Waals surface area (Å²) in [6.45, 7) is 24.9. The van der Waals surface area contributed by atoms with Crippen molar-refractivity contribution in [1.82, 2.24) is 0 Å². The van der Waals surface area contributed by atoms with Crippen molar-refractivity contribution in [3.05, 3.63) is 173 Å². The maximum absolute atomic E-state index is 12.0. The van der Waals surface area contributed by atoms with Gasteiger partial charge in [0.2, 0.25) is 0 Å². The Morgan fingerprint density at radius 3 is 0.966 bits per heavy atom. The number of fused-ring (bicyclic) bond motifs is 1. The molecule has 6 aromatic carbocycles. The molecule has 6 nitrogen and oxygen atoms in total. The summed E-state index contributed by atoms with van der Waals surface area (Å²) in [5.41, 5.74) is 15.1. The first-order valence-electron chi connectivity index (χ1n) is 20.6. The Bertz CT molecular complexity index is 2410. The first-order valence-corrected chi connectivity index (χ1v) is 20.6. The van der Waals surface area contributed by atoms with Gasteiger partial charge in [-0.1, -0.05) is 116 Å². The van der Waals surface area contributed by atoms with Crippen molar-refractivity contribution < 1.29 is 10.2 Å². The van der Waals surface area contributed by atoms with E-state index in [1.165, 1.54) is 0 Å². The SMILES string of the molecule is Cc1cc(O)c(C(C)C)cc1C(c1ccc2cc(C(c3cc(C(C)C)c(N=O)cc3C)c3cc(C(C)C)c(N=O)cc3C)ccc2c1)c1cc(C(C)C)c(O)cc1C. The number of benzene rings is 6. The molecule has 0 spiro atoms. The maximum Gasteiger partial charge on any atom is 0.119 e. The second-order valence-corrected chi connectivity index (χ2v) is 17.6. The fourth-order valence-electron chi connectivity index (χ4n) is 8.86. The van der Waals surface area contributed by atoms with Crippen molar-refractivity contribution in [2.24, 2.45) is 10.4 Å². The molecule has 58 heavy (non-hydrogen) atoms. The number of rotatable bonds is 12. The van der Waals surface area contributed by atoms with Gasteiger partial charge in [-0.2, -0.15) is 0 Å². The average Bonchev–Trinajstić information content (AvgIpc) is 3.16. The molecule has 0 amide bonds. The normalized spacial score (nSPS) is 12.0. The summed E-state index contributed by atoms with van der Waals surface area (Å²) in [5.74, 6) is 0.705. The molecular weight excluding hydrogens is 717 g/mol. The van der Waals surface area contributed by atoms with Gasteiger partial charge in [0.25, 0.3) is 0 Å². The van der Waals surface area contributed by atoms with Crippen LogP contribution in [0.1, 0.15) is 169 Å². The van der Waals surface area contributed by atoms with Crippen molar-refractivity contribution in [3.63, 3.8) is 0 Å². The number of nitroso groups, excluding NO2 is 2. The smallest absolute Gasteiger partial charge is 0.119 e. The zero-order chi connectivity index (χ0) is 42.3. The van der Waals surface area contributed by atoms with Crippen LogP contribution in [-0.2, 0) is 0 Å². The lowest BCUT2D eigenvalue weighted by Gasteiger charge is -2.27. The van der Waals surface area contributed by atoms with Gasteiger partial charge in [0, 0.05) is 11.8 Å². The van der Waals surface area contributed by atoms with E-state index >= 15 is 0 Å². The van der Waals surface area contributed by atoms with Crippen molar-refractivity contribution in [2.75, 3.05) is 0 Å². The minimum atomic E-state index is -0.198. The van der Waals surface area contributed by atoms with Gasteiger partial charge < -0.3 is 10.2 Å². The summed E-state index contributed by atoms with van der Waals surface area (Å²) in [4.78, 5) is 24.0. The largest absolute Gasteiger partial charge is 0.508 e. The molecule has 0 bridgehead atoms. The Labute approximate surface area is 344 Å². The van der Waals surface area contributed by atoms with E-state index in [0.717, 1.165) is 88.7 Å². The zero-order valence-corrected chi connectivity index (χ0v) is 36.2. The molecule has 0 aliphatic rings. The van der Waals surface area contributed by atoms with Crippen LogP contribution in [0.25, 0.3) is 10.8 Å². The van der Waals surface area contributed by atoms with Crippen molar-refractivity contribution in [3.8, 4) is 11.5 Å². The predicted octanol–water partition coefficient (Wildman–Crippen LogP) is 15.1. The van der Waals surface area contributed by atoms with Crippen molar-refractivity contribution in [2.45, 2.75) is 119 Å². The van der Waals surface area contributed by atoms with Gasteiger partial charge in [0.05, 0.1) is 0 Å². The molecule has 0 heterocycles. The lowest BCUT2D eigenvalue weighted by Crippen LogP contribution is -2.10. The number of hydrogen-bond donors (Lipinski definition) is 2. The summed E-state index contributed by atoms with van der Waals surface area (Å²) >= 11 is 0. The van der Waals surface area contributed by atoms with Gasteiger partial charge >= 0.3 is 0 Å². The Kier molecular flexibility index (Phi) is 12.1. The topological polar surface area (TPSA) is 99.3 Å². The highest BCUT2D eigenvalue weighted by Gasteiger charge is 2.28. The Hall–Kier alpha value is -5.62. The monoisotopic (exact) mass is 774 g/mol. The molecule has 6 rings (SSSR count). The number of nitrogens with zero attached hydrogens (tertiary/aromatic N) is 2. The Balaban J connectivity index is 1.60. The van der Waals surface area contributed by atoms with Crippen LogP contribution in [0.5, 0.6) is 11.5 Å². The van der Waals surface area contributed by atoms with Gasteiger partial charge in [-0.05, 0) is 175 Å². The van der Waals surface area contributed by atoms with Crippen LogP contribution in [-0.4, -0.2) is 10.2 Å². The minimum absolute atomic E-state index is 0.0901. The molecule has 0 fully saturated rings. The molecule has 0 aromatic heterocycles. The van der Waals surface area contributed by atoms with Gasteiger partial charge in [0.1, 0.15) is 22.9 Å². The van der Waals surface area contributed by atoms with E-state index in [4.69, 9.17) is 0 Å². The summed E-state index contributed by atoms with van der Waals surface area (Å²) in [7, 11) is 0. The van der Waals surface area contributed by atoms with Crippen LogP contribution in [0.2, 0.25) is 0 Å². The minimum Gasteiger partial charge on any atom is -0.508 e. The van der Waals surface area contributed by atoms with Crippen LogP contribution in [0, 0.1) is 37.5 Å². The summed E-state index contributed by atoms with van der Waals surface area (Å²) in [5, 5.41) is 31.0. The highest BCUT2D eigenvalue weighted by atomic mass is 16.3. The van der Waals surface area contributed by atoms with Crippen LogP contribution in [0.15, 0.2) is 95.3 Å². The van der Waals surface area contributed by atoms with Crippen molar-refractivity contribution in [1.29, 1.82) is 0 Å². The molecule has 0 aliphatic carbocycles. The van der Waals surface area contributed by atoms with E-state index in [0.29, 0.717) is 22.9 Å². The molecule has 0 saturated heterocycles. The first kappa shape index (κ1) is 42.0. The van der Waals surface area contributed by atoms with Crippen LogP contribution in [0.3, 0.4) is 0 Å². The van der Waals surface area contributed by atoms with Crippen molar-refractivity contribution >= 4 is 22.1 Å². The summed E-state index contributed by atoms with van der Waals surface area (Å²) in [6, 6.07) is 29.6. The molecule has 2 N–H and O–H groups in total. The molecule has 0 saturated carbocycles. The summed E-state index contributed by atoms with van der Waals surface area (Å²) < 4.78 is 0. The highest BCUT2D eigenvalue weighted by molar-refractivity contribution is 5.85. The van der Waals surface area contributed by atoms with E-state index in [1.54, 1.807) is 0 Å². The third kappa shape index (κ3) is 7.94. The van der Waals surface area contributed by atoms with Crippen LogP contribution < -0.4 is 0 Å². The molecule has 6 heteroatoms. The number of phenols is 2. The van der Waals surface area contributed by atoms with Gasteiger partial charge in [-0.3, -0.25) is 0 Å². The lowest BCUT2D eigenvalue weighted by molar-refractivity contribution is 0.464. The molecule has 0 atom stereocenters. The number of aryl methyl sites for hydroxylation is 4. The molecule has 6 aromatic rings. The van der Waals surface area contributed by atoms with E-state index < -0.39 is 0 Å². The zero-order valence-electron chi connectivity index (χ0n) is 36.2. The Morgan fingerprint density at radius 1 is 0.379 bits per heavy atom. The number of phenolic OH excluding ortho intramolecular Hbond substituents is 2. The van der Waals surface area contributed by atoms with Crippen LogP contribution >= 0.6 is 0 Å². The Morgan fingerprint density at radius 2 is 0.672 bits per heavy atom. The van der Waals surface area contributed by atoms with E-state index in [-0.39, 0.29) is 35.5 Å². The van der Waals surface area contributed by atoms with Gasteiger partial charge in [0.15, 0.2) is 0 Å². The maximum atomic E-state index is 12.0. The molecular formula is C52H58N2O4. The lowest BCUT2D eigenvalue weighted by atomic mass is 9.77.